The van der Waals surface area contributed by atoms with Crippen molar-refractivity contribution in [3.05, 3.63) is 11.8 Å². The van der Waals surface area contributed by atoms with Crippen molar-refractivity contribution in [3.8, 4) is 0 Å². The Labute approximate surface area is 65.8 Å². The van der Waals surface area contributed by atoms with E-state index in [4.69, 9.17) is 0 Å². The summed E-state index contributed by atoms with van der Waals surface area (Å²) in [5.41, 5.74) is 0. The fourth-order valence-corrected chi connectivity index (χ4v) is 0.319. The maximum atomic E-state index is 12.0. The number of rotatable bonds is 2. The molecule has 0 aliphatic heterocycles. The number of allylic oxidation sites excluding steroid dienone is 2. The van der Waals surface area contributed by atoms with E-state index in [1.165, 1.54) is 6.92 Å². The third-order valence-electron chi connectivity index (χ3n) is 1.03. The zero-order chi connectivity index (χ0) is 9.99. The molecule has 0 radical (unpaired) electrons. The molecule has 0 bridgehead atoms. The first-order valence-corrected chi connectivity index (χ1v) is 2.97. The molecule has 0 aliphatic carbocycles. The Kier molecular flexibility index (Phi) is 3.06. The molecule has 0 saturated carbocycles. The average Bonchev–Trinajstić information content (AvgIpc) is 1.84. The zero-order valence-electron chi connectivity index (χ0n) is 6.38. The van der Waals surface area contributed by atoms with Gasteiger partial charge in [-0.2, -0.15) is 22.0 Å². The highest BCUT2D eigenvalue weighted by Crippen LogP contribution is 2.37. The lowest BCUT2D eigenvalue weighted by molar-refractivity contribution is -0.379. The van der Waals surface area contributed by atoms with E-state index < -0.39 is 18.0 Å². The van der Waals surface area contributed by atoms with Crippen molar-refractivity contribution >= 4 is 0 Å². The third kappa shape index (κ3) is 2.67. The second kappa shape index (κ2) is 3.28. The van der Waals surface area contributed by atoms with Gasteiger partial charge in [-0.15, -0.1) is 0 Å². The molecule has 0 rings (SSSR count). The largest absolute Gasteiger partial charge is 0.498 e. The number of hydrogen-bond donors (Lipinski definition) is 0. The first-order chi connectivity index (χ1) is 5.20. The maximum Gasteiger partial charge on any atom is 0.498 e. The van der Waals surface area contributed by atoms with Gasteiger partial charge in [-0.05, 0) is 19.9 Å². The van der Waals surface area contributed by atoms with Gasteiger partial charge >= 0.3 is 12.3 Å². The smallest absolute Gasteiger partial charge is 0.431 e. The van der Waals surface area contributed by atoms with E-state index in [1.807, 2.05) is 0 Å². The van der Waals surface area contributed by atoms with Crippen molar-refractivity contribution in [2.24, 2.45) is 0 Å². The number of halogens is 5. The van der Waals surface area contributed by atoms with E-state index in [0.29, 0.717) is 0 Å². The molecule has 0 saturated heterocycles. The molecule has 72 valence electrons. The summed E-state index contributed by atoms with van der Waals surface area (Å²) in [4.78, 5) is 0. The molecule has 0 aliphatic rings. The molecular weight excluding hydrogens is 183 g/mol. The molecule has 0 aromatic heterocycles. The van der Waals surface area contributed by atoms with Gasteiger partial charge in [0.25, 0.3) is 0 Å². The molecule has 0 aromatic rings. The third-order valence-corrected chi connectivity index (χ3v) is 1.03. The summed E-state index contributed by atoms with van der Waals surface area (Å²) in [6, 6.07) is 0. The van der Waals surface area contributed by atoms with E-state index >= 15 is 0 Å². The molecular formula is C6H7F5O. The molecule has 1 nitrogen and oxygen atoms in total. The van der Waals surface area contributed by atoms with Crippen LogP contribution in [-0.4, -0.2) is 12.3 Å². The standard InChI is InChI=1S/C6H7F5O/c1-3-4(2)12-6(10,11)5(7,8)9/h3H,1-2H3/b4-3+. The summed E-state index contributed by atoms with van der Waals surface area (Å²) in [6.07, 6.45) is -9.76. The van der Waals surface area contributed by atoms with Gasteiger partial charge in [0, 0.05) is 0 Å². The van der Waals surface area contributed by atoms with Gasteiger partial charge in [0.1, 0.15) is 0 Å². The van der Waals surface area contributed by atoms with Crippen LogP contribution in [0.3, 0.4) is 0 Å². The molecule has 0 amide bonds. The van der Waals surface area contributed by atoms with Crippen molar-refractivity contribution < 1.29 is 26.7 Å². The predicted octanol–water partition coefficient (Wildman–Crippen LogP) is 3.08. The van der Waals surface area contributed by atoms with E-state index in [9.17, 15) is 22.0 Å². The van der Waals surface area contributed by atoms with E-state index in [1.54, 1.807) is 0 Å². The van der Waals surface area contributed by atoms with E-state index in [0.717, 1.165) is 13.0 Å². The Morgan fingerprint density at radius 2 is 1.58 bits per heavy atom. The van der Waals surface area contributed by atoms with Gasteiger partial charge in [0.05, 0.1) is 5.76 Å². The van der Waals surface area contributed by atoms with Gasteiger partial charge in [0.15, 0.2) is 0 Å². The second-order valence-electron chi connectivity index (χ2n) is 2.02. The maximum absolute atomic E-state index is 12.0. The van der Waals surface area contributed by atoms with Crippen LogP contribution >= 0.6 is 0 Å². The van der Waals surface area contributed by atoms with E-state index in [2.05, 4.69) is 4.74 Å². The Morgan fingerprint density at radius 3 is 1.83 bits per heavy atom. The Morgan fingerprint density at radius 1 is 1.17 bits per heavy atom. The zero-order valence-corrected chi connectivity index (χ0v) is 6.38. The number of hydrogen-bond acceptors (Lipinski definition) is 1. The van der Waals surface area contributed by atoms with Crippen LogP contribution in [-0.2, 0) is 4.74 Å². The van der Waals surface area contributed by atoms with Gasteiger partial charge < -0.3 is 4.74 Å². The first kappa shape index (κ1) is 11.2. The highest BCUT2D eigenvalue weighted by Gasteiger charge is 2.61. The topological polar surface area (TPSA) is 9.23 Å². The van der Waals surface area contributed by atoms with Crippen LogP contribution in [0, 0.1) is 0 Å². The second-order valence-corrected chi connectivity index (χ2v) is 2.02. The van der Waals surface area contributed by atoms with Crippen LogP contribution < -0.4 is 0 Å². The monoisotopic (exact) mass is 190 g/mol. The molecule has 0 atom stereocenters. The van der Waals surface area contributed by atoms with Gasteiger partial charge in [-0.1, -0.05) is 0 Å². The van der Waals surface area contributed by atoms with Crippen molar-refractivity contribution in [1.82, 2.24) is 0 Å². The first-order valence-electron chi connectivity index (χ1n) is 2.97. The van der Waals surface area contributed by atoms with Crippen molar-refractivity contribution in [2.45, 2.75) is 26.1 Å². The Balaban J connectivity index is 4.44. The molecule has 0 heterocycles. The molecule has 0 N–H and O–H groups in total. The lowest BCUT2D eigenvalue weighted by atomic mass is 10.5. The molecule has 12 heavy (non-hydrogen) atoms. The summed E-state index contributed by atoms with van der Waals surface area (Å²) in [5.74, 6) is -0.475. The molecule has 6 heteroatoms. The average molecular weight is 190 g/mol. The molecule has 0 unspecified atom stereocenters. The van der Waals surface area contributed by atoms with Crippen LogP contribution in [0.25, 0.3) is 0 Å². The highest BCUT2D eigenvalue weighted by molar-refractivity contribution is 4.87. The lowest BCUT2D eigenvalue weighted by Gasteiger charge is -2.20. The summed E-state index contributed by atoms with van der Waals surface area (Å²) in [5, 5.41) is 0. The van der Waals surface area contributed by atoms with Crippen LogP contribution in [0.5, 0.6) is 0 Å². The highest BCUT2D eigenvalue weighted by atomic mass is 19.4. The van der Waals surface area contributed by atoms with Gasteiger partial charge in [-0.3, -0.25) is 0 Å². The molecule has 0 spiro atoms. The summed E-state index contributed by atoms with van der Waals surface area (Å²) < 4.78 is 61.6. The van der Waals surface area contributed by atoms with Crippen molar-refractivity contribution in [2.75, 3.05) is 0 Å². The minimum atomic E-state index is -5.67. The van der Waals surface area contributed by atoms with Crippen LogP contribution in [0.15, 0.2) is 11.8 Å². The minimum absolute atomic E-state index is 0.475. The van der Waals surface area contributed by atoms with Crippen molar-refractivity contribution in [3.63, 3.8) is 0 Å². The van der Waals surface area contributed by atoms with Crippen molar-refractivity contribution in [1.29, 1.82) is 0 Å². The summed E-state index contributed by atoms with van der Waals surface area (Å²) in [6.45, 7) is 2.31. The minimum Gasteiger partial charge on any atom is -0.431 e. The number of ether oxygens (including phenoxy) is 1. The molecule has 0 fully saturated rings. The summed E-state index contributed by atoms with van der Waals surface area (Å²) in [7, 11) is 0. The molecule has 0 aromatic carbocycles. The van der Waals surface area contributed by atoms with E-state index in [-0.39, 0.29) is 0 Å². The fraction of sp³-hybridized carbons (Fsp3) is 0.667. The Bertz CT molecular complexity index is 181. The number of alkyl halides is 5. The Hall–Kier alpha value is -0.810. The van der Waals surface area contributed by atoms with Gasteiger partial charge in [-0.25, -0.2) is 0 Å². The SMILES string of the molecule is C/C=C(\C)OC(F)(F)C(F)(F)F. The van der Waals surface area contributed by atoms with Crippen LogP contribution in [0.1, 0.15) is 13.8 Å². The quantitative estimate of drug-likeness (QED) is 0.480. The van der Waals surface area contributed by atoms with Crippen LogP contribution in [0.2, 0.25) is 0 Å². The normalized spacial score (nSPS) is 14.8. The lowest BCUT2D eigenvalue weighted by Crippen LogP contribution is -2.38. The fourth-order valence-electron chi connectivity index (χ4n) is 0.319. The summed E-state index contributed by atoms with van der Waals surface area (Å²) >= 11 is 0. The van der Waals surface area contributed by atoms with Crippen LogP contribution in [0.4, 0.5) is 22.0 Å². The van der Waals surface area contributed by atoms with Gasteiger partial charge in [0.2, 0.25) is 0 Å². The predicted molar refractivity (Wildman–Crippen MR) is 31.5 cm³/mol.